The quantitative estimate of drug-likeness (QED) is 0.692. The Bertz CT molecular complexity index is 955. The van der Waals surface area contributed by atoms with Crippen LogP contribution in [0, 0.1) is 6.92 Å². The highest BCUT2D eigenvalue weighted by Crippen LogP contribution is 2.15. The number of anilines is 1. The number of hydrogen-bond donors (Lipinski definition) is 2. The molecule has 3 rings (SSSR count). The summed E-state index contributed by atoms with van der Waals surface area (Å²) in [5.74, 6) is -1.22. The maximum Gasteiger partial charge on any atom is 0.328 e. The van der Waals surface area contributed by atoms with E-state index in [1.54, 1.807) is 47.3 Å². The molecule has 0 saturated heterocycles. The fraction of sp³-hybridized carbons (Fsp3) is 0.0500. The molecule has 2 aromatic carbocycles. The van der Waals surface area contributed by atoms with E-state index in [4.69, 9.17) is 5.11 Å². The van der Waals surface area contributed by atoms with Crippen molar-refractivity contribution in [2.24, 2.45) is 0 Å². The second kappa shape index (κ2) is 7.48. The van der Waals surface area contributed by atoms with Crippen molar-refractivity contribution in [1.82, 2.24) is 9.78 Å². The van der Waals surface area contributed by atoms with E-state index in [9.17, 15) is 9.59 Å². The summed E-state index contributed by atoms with van der Waals surface area (Å²) >= 11 is 0. The lowest BCUT2D eigenvalue weighted by molar-refractivity contribution is -0.131. The van der Waals surface area contributed by atoms with Crippen LogP contribution < -0.4 is 5.32 Å². The smallest absolute Gasteiger partial charge is 0.328 e. The summed E-state index contributed by atoms with van der Waals surface area (Å²) in [6.45, 7) is 1.96. The lowest BCUT2D eigenvalue weighted by Crippen LogP contribution is -2.12. The molecular weight excluding hydrogens is 330 g/mol. The fourth-order valence-corrected chi connectivity index (χ4v) is 2.44. The van der Waals surface area contributed by atoms with Gasteiger partial charge in [-0.2, -0.15) is 5.10 Å². The van der Waals surface area contributed by atoms with E-state index in [0.29, 0.717) is 11.3 Å². The standard InChI is InChI=1S/C20H17N3O3/c1-14-12-13-21-23(14)18-9-5-16(6-10-18)20(26)22-17-7-2-15(3-8-17)4-11-19(24)25/h2-13H,1H3,(H,22,26)(H,24,25). The van der Waals surface area contributed by atoms with Gasteiger partial charge in [0.05, 0.1) is 5.69 Å². The van der Waals surface area contributed by atoms with Crippen molar-refractivity contribution in [1.29, 1.82) is 0 Å². The van der Waals surface area contributed by atoms with Crippen LogP contribution in [0.2, 0.25) is 0 Å². The zero-order valence-corrected chi connectivity index (χ0v) is 14.1. The zero-order valence-electron chi connectivity index (χ0n) is 14.1. The number of nitrogens with zero attached hydrogens (tertiary/aromatic N) is 2. The van der Waals surface area contributed by atoms with Crippen LogP contribution in [-0.2, 0) is 4.79 Å². The van der Waals surface area contributed by atoms with Crippen molar-refractivity contribution in [2.75, 3.05) is 5.32 Å². The summed E-state index contributed by atoms with van der Waals surface area (Å²) in [5.41, 5.74) is 3.81. The third-order valence-electron chi connectivity index (χ3n) is 3.79. The van der Waals surface area contributed by atoms with E-state index < -0.39 is 5.97 Å². The summed E-state index contributed by atoms with van der Waals surface area (Å²) in [6.07, 6.45) is 4.28. The Labute approximate surface area is 150 Å². The molecule has 0 atom stereocenters. The second-order valence-corrected chi connectivity index (χ2v) is 5.68. The molecular formula is C20H17N3O3. The van der Waals surface area contributed by atoms with Crippen molar-refractivity contribution in [3.8, 4) is 5.69 Å². The van der Waals surface area contributed by atoms with Crippen molar-refractivity contribution in [3.05, 3.63) is 83.7 Å². The highest BCUT2D eigenvalue weighted by atomic mass is 16.4. The zero-order chi connectivity index (χ0) is 18.5. The number of aliphatic carboxylic acids is 1. The first-order valence-electron chi connectivity index (χ1n) is 7.96. The summed E-state index contributed by atoms with van der Waals surface area (Å²) in [6, 6.07) is 16.0. The number of carbonyl (C=O) groups is 2. The molecule has 1 aromatic heterocycles. The lowest BCUT2D eigenvalue weighted by atomic mass is 10.1. The molecule has 0 aliphatic carbocycles. The number of benzene rings is 2. The second-order valence-electron chi connectivity index (χ2n) is 5.68. The van der Waals surface area contributed by atoms with Crippen molar-refractivity contribution < 1.29 is 14.7 Å². The Kier molecular flexibility index (Phi) is 4.94. The van der Waals surface area contributed by atoms with E-state index in [1.165, 1.54) is 6.08 Å². The van der Waals surface area contributed by atoms with Crippen molar-refractivity contribution >= 4 is 23.6 Å². The molecule has 0 unspecified atom stereocenters. The Hall–Kier alpha value is -3.67. The third-order valence-corrected chi connectivity index (χ3v) is 3.79. The highest BCUT2D eigenvalue weighted by molar-refractivity contribution is 6.04. The highest BCUT2D eigenvalue weighted by Gasteiger charge is 2.07. The average Bonchev–Trinajstić information content (AvgIpc) is 3.07. The molecule has 0 fully saturated rings. The molecule has 130 valence electrons. The summed E-state index contributed by atoms with van der Waals surface area (Å²) in [5, 5.41) is 15.7. The van der Waals surface area contributed by atoms with Crippen LogP contribution in [-0.4, -0.2) is 26.8 Å². The Morgan fingerprint density at radius 2 is 1.73 bits per heavy atom. The van der Waals surface area contributed by atoms with Crippen LogP contribution in [0.15, 0.2) is 66.9 Å². The number of aromatic nitrogens is 2. The molecule has 1 heterocycles. The summed E-state index contributed by atoms with van der Waals surface area (Å²) < 4.78 is 1.80. The molecule has 2 N–H and O–H groups in total. The van der Waals surface area contributed by atoms with Gasteiger partial charge in [-0.3, -0.25) is 4.79 Å². The van der Waals surface area contributed by atoms with Gasteiger partial charge in [-0.05, 0) is 61.0 Å². The molecule has 0 saturated carbocycles. The van der Waals surface area contributed by atoms with Gasteiger partial charge in [0.25, 0.3) is 5.91 Å². The Balaban J connectivity index is 1.68. The van der Waals surface area contributed by atoms with Gasteiger partial charge in [0, 0.05) is 29.2 Å². The van der Waals surface area contributed by atoms with Gasteiger partial charge in [-0.15, -0.1) is 0 Å². The average molecular weight is 347 g/mol. The van der Waals surface area contributed by atoms with Gasteiger partial charge in [0.1, 0.15) is 0 Å². The maximum atomic E-state index is 12.4. The van der Waals surface area contributed by atoms with Gasteiger partial charge in [0.15, 0.2) is 0 Å². The lowest BCUT2D eigenvalue weighted by Gasteiger charge is -2.08. The first-order valence-corrected chi connectivity index (χ1v) is 7.96. The normalized spacial score (nSPS) is 10.8. The van der Waals surface area contributed by atoms with Gasteiger partial charge >= 0.3 is 5.97 Å². The Morgan fingerprint density at radius 3 is 2.31 bits per heavy atom. The van der Waals surface area contributed by atoms with Crippen LogP contribution in [0.4, 0.5) is 5.69 Å². The van der Waals surface area contributed by atoms with Crippen LogP contribution in [0.3, 0.4) is 0 Å². The van der Waals surface area contributed by atoms with Gasteiger partial charge in [-0.1, -0.05) is 12.1 Å². The van der Waals surface area contributed by atoms with Gasteiger partial charge in [-0.25, -0.2) is 9.48 Å². The van der Waals surface area contributed by atoms with Crippen LogP contribution in [0.5, 0.6) is 0 Å². The molecule has 6 heteroatoms. The van der Waals surface area contributed by atoms with Crippen molar-refractivity contribution in [2.45, 2.75) is 6.92 Å². The molecule has 0 aliphatic rings. The van der Waals surface area contributed by atoms with Gasteiger partial charge < -0.3 is 10.4 Å². The van der Waals surface area contributed by atoms with E-state index in [0.717, 1.165) is 23.0 Å². The predicted molar refractivity (Wildman–Crippen MR) is 99.4 cm³/mol. The molecule has 6 nitrogen and oxygen atoms in total. The topological polar surface area (TPSA) is 84.2 Å². The maximum absolute atomic E-state index is 12.4. The Morgan fingerprint density at radius 1 is 1.04 bits per heavy atom. The predicted octanol–water partition coefficient (Wildman–Crippen LogP) is 3.53. The minimum atomic E-state index is -1.00. The van der Waals surface area contributed by atoms with E-state index in [-0.39, 0.29) is 5.91 Å². The fourth-order valence-electron chi connectivity index (χ4n) is 2.44. The molecule has 1 amide bonds. The number of aryl methyl sites for hydroxylation is 1. The number of carboxylic acids is 1. The van der Waals surface area contributed by atoms with Crippen molar-refractivity contribution in [3.63, 3.8) is 0 Å². The largest absolute Gasteiger partial charge is 0.478 e. The van der Waals surface area contributed by atoms with Crippen LogP contribution in [0.25, 0.3) is 11.8 Å². The summed E-state index contributed by atoms with van der Waals surface area (Å²) in [4.78, 5) is 22.9. The molecule has 0 spiro atoms. The minimum absolute atomic E-state index is 0.220. The molecule has 26 heavy (non-hydrogen) atoms. The number of amides is 1. The third kappa shape index (κ3) is 4.05. The van der Waals surface area contributed by atoms with E-state index >= 15 is 0 Å². The first-order chi connectivity index (χ1) is 12.5. The summed E-state index contributed by atoms with van der Waals surface area (Å²) in [7, 11) is 0. The molecule has 0 aliphatic heterocycles. The monoisotopic (exact) mass is 347 g/mol. The van der Waals surface area contributed by atoms with Gasteiger partial charge in [0.2, 0.25) is 0 Å². The number of carbonyl (C=O) groups excluding carboxylic acids is 1. The number of nitrogens with one attached hydrogen (secondary N) is 1. The SMILES string of the molecule is Cc1ccnn1-c1ccc(C(=O)Nc2ccc(C=CC(=O)O)cc2)cc1. The number of carboxylic acid groups (broad SMARTS) is 1. The number of hydrogen-bond acceptors (Lipinski definition) is 3. The van der Waals surface area contributed by atoms with E-state index in [2.05, 4.69) is 10.4 Å². The van der Waals surface area contributed by atoms with E-state index in [1.807, 2.05) is 25.1 Å². The number of rotatable bonds is 5. The molecule has 3 aromatic rings. The molecule has 0 bridgehead atoms. The van der Waals surface area contributed by atoms with Crippen LogP contribution in [0.1, 0.15) is 21.6 Å². The molecule has 0 radical (unpaired) electrons. The first kappa shape index (κ1) is 17.2. The van der Waals surface area contributed by atoms with Crippen LogP contribution >= 0.6 is 0 Å². The minimum Gasteiger partial charge on any atom is -0.478 e.